The monoisotopic (exact) mass is 242 g/mol. The predicted molar refractivity (Wildman–Crippen MR) is 65.2 cm³/mol. The van der Waals surface area contributed by atoms with E-state index in [1.165, 1.54) is 0 Å². The lowest BCUT2D eigenvalue weighted by Crippen LogP contribution is -2.21. The molecule has 18 heavy (non-hydrogen) atoms. The Labute approximate surface area is 105 Å². The molecule has 0 saturated heterocycles. The summed E-state index contributed by atoms with van der Waals surface area (Å²) in [5.41, 5.74) is 1.45. The van der Waals surface area contributed by atoms with Crippen molar-refractivity contribution < 1.29 is 0 Å². The van der Waals surface area contributed by atoms with Crippen LogP contribution in [0, 0.1) is 11.3 Å². The van der Waals surface area contributed by atoms with Crippen LogP contribution >= 0.6 is 0 Å². The molecule has 6 heteroatoms. The molecule has 0 aromatic carbocycles. The Hall–Kier alpha value is -2.26. The second-order valence-electron chi connectivity index (χ2n) is 4.06. The highest BCUT2D eigenvalue weighted by molar-refractivity contribution is 5.25. The van der Waals surface area contributed by atoms with Crippen molar-refractivity contribution >= 4 is 0 Å². The van der Waals surface area contributed by atoms with E-state index in [0.717, 1.165) is 11.4 Å². The molecular weight excluding hydrogens is 228 g/mol. The molecule has 1 N–H and O–H groups in total. The van der Waals surface area contributed by atoms with Crippen molar-refractivity contribution in [2.45, 2.75) is 19.5 Å². The maximum Gasteiger partial charge on any atom is 0.149 e. The number of aromatic nitrogens is 4. The number of hydrogen-bond acceptors (Lipinski definition) is 5. The summed E-state index contributed by atoms with van der Waals surface area (Å²) in [5.74, 6) is 0.879. The molecule has 0 saturated carbocycles. The van der Waals surface area contributed by atoms with Gasteiger partial charge in [-0.25, -0.2) is 4.98 Å². The molecule has 2 aromatic heterocycles. The smallest absolute Gasteiger partial charge is 0.149 e. The lowest BCUT2D eigenvalue weighted by atomic mass is 10.2. The molecule has 0 fully saturated rings. The molecule has 2 aromatic rings. The van der Waals surface area contributed by atoms with E-state index in [-0.39, 0.29) is 6.04 Å². The fourth-order valence-corrected chi connectivity index (χ4v) is 1.69. The lowest BCUT2D eigenvalue weighted by Gasteiger charge is -2.12. The van der Waals surface area contributed by atoms with Crippen molar-refractivity contribution in [2.75, 3.05) is 0 Å². The number of rotatable bonds is 4. The molecule has 0 aliphatic heterocycles. The maximum absolute atomic E-state index is 8.77. The summed E-state index contributed by atoms with van der Waals surface area (Å²) in [6.07, 6.45) is 3.32. The van der Waals surface area contributed by atoms with Gasteiger partial charge in [-0.3, -0.25) is 0 Å². The molecular formula is C12H14N6. The van der Waals surface area contributed by atoms with Crippen LogP contribution in [0.2, 0.25) is 0 Å². The van der Waals surface area contributed by atoms with Gasteiger partial charge in [-0.15, -0.1) is 10.2 Å². The van der Waals surface area contributed by atoms with Crippen molar-refractivity contribution in [3.63, 3.8) is 0 Å². The first-order chi connectivity index (χ1) is 8.70. The molecule has 0 aliphatic carbocycles. The van der Waals surface area contributed by atoms with Crippen LogP contribution in [-0.2, 0) is 13.6 Å². The first-order valence-corrected chi connectivity index (χ1v) is 5.63. The molecule has 0 bridgehead atoms. The molecule has 6 nitrogen and oxygen atoms in total. The third kappa shape index (κ3) is 2.70. The van der Waals surface area contributed by atoms with E-state index < -0.39 is 0 Å². The number of hydrogen-bond donors (Lipinski definition) is 1. The van der Waals surface area contributed by atoms with Gasteiger partial charge in [-0.2, -0.15) is 5.26 Å². The Morgan fingerprint density at radius 3 is 3.06 bits per heavy atom. The van der Waals surface area contributed by atoms with E-state index in [1.807, 2.05) is 30.7 Å². The standard InChI is InChI=1S/C12H14N6/c1-9(12-17-16-8-18(12)2)15-7-10-3-4-14-11(5-10)6-13/h3-5,8-9,15H,7H2,1-2H3. The molecule has 1 atom stereocenters. The molecule has 2 rings (SSSR count). The highest BCUT2D eigenvalue weighted by atomic mass is 15.3. The van der Waals surface area contributed by atoms with Crippen LogP contribution in [0.25, 0.3) is 0 Å². The minimum Gasteiger partial charge on any atom is -0.319 e. The normalized spacial score (nSPS) is 12.1. The van der Waals surface area contributed by atoms with Gasteiger partial charge >= 0.3 is 0 Å². The third-order valence-corrected chi connectivity index (χ3v) is 2.68. The van der Waals surface area contributed by atoms with E-state index in [0.29, 0.717) is 12.2 Å². The van der Waals surface area contributed by atoms with E-state index in [1.54, 1.807) is 18.6 Å². The largest absolute Gasteiger partial charge is 0.319 e. The zero-order valence-corrected chi connectivity index (χ0v) is 10.3. The summed E-state index contributed by atoms with van der Waals surface area (Å²) in [4.78, 5) is 3.93. The first kappa shape index (κ1) is 12.2. The van der Waals surface area contributed by atoms with Gasteiger partial charge in [0.15, 0.2) is 0 Å². The molecule has 0 radical (unpaired) electrons. The molecule has 0 aliphatic rings. The van der Waals surface area contributed by atoms with Crippen molar-refractivity contribution in [1.29, 1.82) is 5.26 Å². The van der Waals surface area contributed by atoms with Crippen molar-refractivity contribution in [3.8, 4) is 6.07 Å². The average Bonchev–Trinajstić information content (AvgIpc) is 2.82. The predicted octanol–water partition coefficient (Wildman–Crippen LogP) is 0.933. The zero-order valence-electron chi connectivity index (χ0n) is 10.3. The minimum absolute atomic E-state index is 0.0937. The van der Waals surface area contributed by atoms with Gasteiger partial charge < -0.3 is 9.88 Å². The van der Waals surface area contributed by atoms with Crippen molar-refractivity contribution in [2.24, 2.45) is 7.05 Å². The van der Waals surface area contributed by atoms with Gasteiger partial charge in [0.2, 0.25) is 0 Å². The topological polar surface area (TPSA) is 79.4 Å². The Bertz CT molecular complexity index is 568. The van der Waals surface area contributed by atoms with Crippen LogP contribution in [-0.4, -0.2) is 19.7 Å². The van der Waals surface area contributed by atoms with Gasteiger partial charge in [0.25, 0.3) is 0 Å². The Kier molecular flexibility index (Phi) is 3.65. The molecule has 92 valence electrons. The van der Waals surface area contributed by atoms with Gasteiger partial charge in [-0.1, -0.05) is 0 Å². The fraction of sp³-hybridized carbons (Fsp3) is 0.333. The van der Waals surface area contributed by atoms with Crippen molar-refractivity contribution in [3.05, 3.63) is 41.7 Å². The maximum atomic E-state index is 8.77. The number of nitrogens with zero attached hydrogens (tertiary/aromatic N) is 5. The Morgan fingerprint density at radius 1 is 1.56 bits per heavy atom. The van der Waals surface area contributed by atoms with E-state index in [9.17, 15) is 0 Å². The van der Waals surface area contributed by atoms with Crippen LogP contribution in [0.3, 0.4) is 0 Å². The van der Waals surface area contributed by atoms with Crippen LogP contribution in [0.15, 0.2) is 24.7 Å². The molecule has 0 spiro atoms. The summed E-state index contributed by atoms with van der Waals surface area (Å²) < 4.78 is 1.88. The summed E-state index contributed by atoms with van der Waals surface area (Å²) in [5, 5.41) is 20.0. The van der Waals surface area contributed by atoms with E-state index in [4.69, 9.17) is 5.26 Å². The highest BCUT2D eigenvalue weighted by Crippen LogP contribution is 2.09. The van der Waals surface area contributed by atoms with Gasteiger partial charge in [0, 0.05) is 19.8 Å². The van der Waals surface area contributed by atoms with E-state index in [2.05, 4.69) is 20.5 Å². The van der Waals surface area contributed by atoms with Crippen LogP contribution < -0.4 is 5.32 Å². The summed E-state index contributed by atoms with van der Waals surface area (Å²) in [7, 11) is 1.91. The number of nitrogens with one attached hydrogen (secondary N) is 1. The highest BCUT2D eigenvalue weighted by Gasteiger charge is 2.10. The van der Waals surface area contributed by atoms with Gasteiger partial charge in [0.05, 0.1) is 6.04 Å². The summed E-state index contributed by atoms with van der Waals surface area (Å²) >= 11 is 0. The van der Waals surface area contributed by atoms with Gasteiger partial charge in [0.1, 0.15) is 23.9 Å². The second-order valence-corrected chi connectivity index (χ2v) is 4.06. The third-order valence-electron chi connectivity index (χ3n) is 2.68. The first-order valence-electron chi connectivity index (χ1n) is 5.63. The van der Waals surface area contributed by atoms with Gasteiger partial charge in [-0.05, 0) is 24.6 Å². The summed E-state index contributed by atoms with van der Waals surface area (Å²) in [6, 6.07) is 5.78. The minimum atomic E-state index is 0.0937. The lowest BCUT2D eigenvalue weighted by molar-refractivity contribution is 0.528. The Balaban J connectivity index is 1.99. The molecule has 2 heterocycles. The zero-order chi connectivity index (χ0) is 13.0. The van der Waals surface area contributed by atoms with Crippen molar-refractivity contribution in [1.82, 2.24) is 25.1 Å². The number of nitriles is 1. The van der Waals surface area contributed by atoms with E-state index >= 15 is 0 Å². The van der Waals surface area contributed by atoms with Crippen LogP contribution in [0.5, 0.6) is 0 Å². The number of pyridine rings is 1. The Morgan fingerprint density at radius 2 is 2.39 bits per heavy atom. The second kappa shape index (κ2) is 5.38. The fourth-order valence-electron chi connectivity index (χ4n) is 1.69. The summed E-state index contributed by atoms with van der Waals surface area (Å²) in [6.45, 7) is 2.68. The average molecular weight is 242 g/mol. The molecule has 1 unspecified atom stereocenters. The van der Waals surface area contributed by atoms with Crippen LogP contribution in [0.4, 0.5) is 0 Å². The molecule has 0 amide bonds. The number of aryl methyl sites for hydroxylation is 1. The quantitative estimate of drug-likeness (QED) is 0.862. The SMILES string of the molecule is CC(NCc1ccnc(C#N)c1)c1nncn1C. The van der Waals surface area contributed by atoms with Crippen LogP contribution in [0.1, 0.15) is 30.0 Å².